The average Bonchev–Trinajstić information content (AvgIpc) is 2.91. The van der Waals surface area contributed by atoms with Crippen molar-refractivity contribution in [1.82, 2.24) is 0 Å². The molecule has 0 aromatic heterocycles. The molecule has 2 fully saturated rings. The number of rotatable bonds is 10. The fraction of sp³-hybridized carbons (Fsp3) is 0.538. The Morgan fingerprint density at radius 2 is 1.11 bits per heavy atom. The zero-order chi connectivity index (χ0) is 26.4. The van der Waals surface area contributed by atoms with Crippen LogP contribution in [0.5, 0.6) is 0 Å². The van der Waals surface area contributed by atoms with E-state index in [2.05, 4.69) is 0 Å². The Bertz CT molecular complexity index is 933. The highest BCUT2D eigenvalue weighted by Gasteiger charge is 2.50. The number of aliphatic hydroxyl groups excluding tert-OH is 6. The molecule has 0 amide bonds. The predicted octanol–water partition coefficient (Wildman–Crippen LogP) is -0.948. The van der Waals surface area contributed by atoms with Crippen LogP contribution < -0.4 is 0 Å². The summed E-state index contributed by atoms with van der Waals surface area (Å²) in [6.07, 6.45) is -14.7. The van der Waals surface area contributed by atoms with Gasteiger partial charge in [-0.3, -0.25) is 0 Å². The van der Waals surface area contributed by atoms with Gasteiger partial charge in [-0.05, 0) is 11.1 Å². The summed E-state index contributed by atoms with van der Waals surface area (Å²) in [6, 6.07) is 18.6. The van der Waals surface area contributed by atoms with Crippen molar-refractivity contribution in [2.45, 2.75) is 74.6 Å². The lowest BCUT2D eigenvalue weighted by molar-refractivity contribution is -0.356. The van der Waals surface area contributed by atoms with E-state index >= 15 is 0 Å². The van der Waals surface area contributed by atoms with Crippen LogP contribution in [0.4, 0.5) is 0 Å². The van der Waals surface area contributed by atoms with Crippen molar-refractivity contribution in [3.8, 4) is 0 Å². The minimum atomic E-state index is -1.70. The fourth-order valence-corrected chi connectivity index (χ4v) is 4.28. The molecule has 2 aromatic rings. The molecule has 204 valence electrons. The molecule has 4 rings (SSSR count). The van der Waals surface area contributed by atoms with Crippen LogP contribution in [0.1, 0.15) is 11.1 Å². The Morgan fingerprint density at radius 3 is 1.68 bits per heavy atom. The third kappa shape index (κ3) is 7.11. The Morgan fingerprint density at radius 1 is 0.568 bits per heavy atom. The topological polar surface area (TPSA) is 168 Å². The Balaban J connectivity index is 1.39. The monoisotopic (exact) mass is 522 g/mol. The quantitative estimate of drug-likeness (QED) is 0.228. The normalized spacial score (nSPS) is 36.4. The van der Waals surface area contributed by atoms with Gasteiger partial charge in [0.05, 0.1) is 26.4 Å². The second-order valence-electron chi connectivity index (χ2n) is 9.16. The maximum Gasteiger partial charge on any atom is 0.187 e. The Labute approximate surface area is 214 Å². The molecule has 0 unspecified atom stereocenters. The number of aliphatic hydroxyl groups is 6. The van der Waals surface area contributed by atoms with Crippen LogP contribution in [0.15, 0.2) is 60.7 Å². The molecule has 2 heterocycles. The molecule has 2 aliphatic rings. The first-order valence-electron chi connectivity index (χ1n) is 12.1. The van der Waals surface area contributed by atoms with Gasteiger partial charge in [-0.2, -0.15) is 0 Å². The smallest absolute Gasteiger partial charge is 0.187 e. The minimum Gasteiger partial charge on any atom is -0.387 e. The zero-order valence-corrected chi connectivity index (χ0v) is 20.1. The maximum atomic E-state index is 10.6. The lowest BCUT2D eigenvalue weighted by atomic mass is 9.97. The lowest BCUT2D eigenvalue weighted by Gasteiger charge is -2.45. The second kappa shape index (κ2) is 13.2. The van der Waals surface area contributed by atoms with Gasteiger partial charge >= 0.3 is 0 Å². The lowest BCUT2D eigenvalue weighted by Crippen LogP contribution is -2.64. The summed E-state index contributed by atoms with van der Waals surface area (Å²) in [5.74, 6) is 0. The van der Waals surface area contributed by atoms with Crippen LogP contribution >= 0.6 is 0 Å². The largest absolute Gasteiger partial charge is 0.387 e. The van der Waals surface area contributed by atoms with Crippen molar-refractivity contribution < 1.29 is 54.3 Å². The van der Waals surface area contributed by atoms with Crippen molar-refractivity contribution in [2.75, 3.05) is 13.2 Å². The van der Waals surface area contributed by atoms with E-state index in [0.717, 1.165) is 11.1 Å². The molecular formula is C26H34O11. The van der Waals surface area contributed by atoms with Gasteiger partial charge in [-0.15, -0.1) is 0 Å². The van der Waals surface area contributed by atoms with E-state index in [-0.39, 0.29) is 26.4 Å². The Hall–Kier alpha value is -2.00. The molecule has 0 spiro atoms. The van der Waals surface area contributed by atoms with E-state index in [0.29, 0.717) is 0 Å². The molecule has 10 atom stereocenters. The highest BCUT2D eigenvalue weighted by molar-refractivity contribution is 5.14. The third-order valence-corrected chi connectivity index (χ3v) is 6.41. The first kappa shape index (κ1) is 28.0. The molecule has 11 nitrogen and oxygen atoms in total. The van der Waals surface area contributed by atoms with Gasteiger partial charge in [-0.1, -0.05) is 60.7 Å². The first-order valence-corrected chi connectivity index (χ1v) is 12.1. The van der Waals surface area contributed by atoms with Crippen molar-refractivity contribution in [3.05, 3.63) is 71.8 Å². The molecule has 0 aliphatic carbocycles. The molecule has 2 saturated heterocycles. The van der Waals surface area contributed by atoms with Crippen molar-refractivity contribution in [3.63, 3.8) is 0 Å². The summed E-state index contributed by atoms with van der Waals surface area (Å²) in [5, 5.41) is 62.1. The van der Waals surface area contributed by atoms with Crippen LogP contribution in [0.2, 0.25) is 0 Å². The summed E-state index contributed by atoms with van der Waals surface area (Å²) < 4.78 is 28.2. The number of hydrogen-bond acceptors (Lipinski definition) is 11. The van der Waals surface area contributed by atoms with Crippen molar-refractivity contribution >= 4 is 0 Å². The molecule has 37 heavy (non-hydrogen) atoms. The summed E-state index contributed by atoms with van der Waals surface area (Å²) in [4.78, 5) is 0. The number of hydrogen-bond donors (Lipinski definition) is 6. The first-order chi connectivity index (χ1) is 17.8. The Kier molecular flexibility index (Phi) is 9.98. The van der Waals surface area contributed by atoms with E-state index in [1.807, 2.05) is 60.7 Å². The highest BCUT2D eigenvalue weighted by Crippen LogP contribution is 2.29. The van der Waals surface area contributed by atoms with E-state index < -0.39 is 61.4 Å². The third-order valence-electron chi connectivity index (χ3n) is 6.41. The van der Waals surface area contributed by atoms with Gasteiger partial charge in [0.2, 0.25) is 0 Å². The molecule has 11 heteroatoms. The predicted molar refractivity (Wildman–Crippen MR) is 127 cm³/mol. The average molecular weight is 523 g/mol. The van der Waals surface area contributed by atoms with Crippen LogP contribution in [-0.4, -0.2) is 105 Å². The van der Waals surface area contributed by atoms with E-state index in [1.54, 1.807) is 0 Å². The van der Waals surface area contributed by atoms with Gasteiger partial charge in [0.15, 0.2) is 12.6 Å². The van der Waals surface area contributed by atoms with E-state index in [9.17, 15) is 30.6 Å². The van der Waals surface area contributed by atoms with Crippen molar-refractivity contribution in [1.29, 1.82) is 0 Å². The highest BCUT2D eigenvalue weighted by atomic mass is 16.7. The summed E-state index contributed by atoms with van der Waals surface area (Å²) >= 11 is 0. The summed E-state index contributed by atoms with van der Waals surface area (Å²) in [6.45, 7) is 0.209. The van der Waals surface area contributed by atoms with Crippen LogP contribution in [-0.2, 0) is 36.9 Å². The molecular weight excluding hydrogens is 488 g/mol. The number of benzene rings is 2. The van der Waals surface area contributed by atoms with Crippen LogP contribution in [0, 0.1) is 0 Å². The molecule has 0 radical (unpaired) electrons. The molecule has 6 N–H and O–H groups in total. The second-order valence-corrected chi connectivity index (χ2v) is 9.16. The minimum absolute atomic E-state index is 0.117. The van der Waals surface area contributed by atoms with Gasteiger partial charge in [0, 0.05) is 0 Å². The van der Waals surface area contributed by atoms with Crippen molar-refractivity contribution in [2.24, 2.45) is 0 Å². The van der Waals surface area contributed by atoms with Crippen LogP contribution in [0.3, 0.4) is 0 Å². The standard InChI is InChI=1S/C26H34O11/c27-19-17(13-33-11-15-7-3-1-4-8-15)36-26(23(31)20(19)28)37-24-18(35-25(32)22(30)21(24)29)14-34-12-16-9-5-2-6-10-16/h1-10,17-32H,11-14H2/t17-,18-,19-,20+,21-,22+,23+,24-,25+,26-/m1/s1. The van der Waals surface area contributed by atoms with Crippen LogP contribution in [0.25, 0.3) is 0 Å². The maximum absolute atomic E-state index is 10.6. The molecule has 2 aliphatic heterocycles. The fourth-order valence-electron chi connectivity index (χ4n) is 4.28. The molecule has 2 aromatic carbocycles. The SMILES string of the molecule is O[C@@H]1[C@H](O)[C@@H](O[C@H]2[C@H](O)[C@H](O)[C@@H](O)O[C@@H]2COCc2ccccc2)O[C@H](COCc2ccccc2)[C@H]1O. The van der Waals surface area contributed by atoms with E-state index in [4.69, 9.17) is 23.7 Å². The van der Waals surface area contributed by atoms with Gasteiger partial charge < -0.3 is 54.3 Å². The summed E-state index contributed by atoms with van der Waals surface area (Å²) in [5.41, 5.74) is 1.79. The summed E-state index contributed by atoms with van der Waals surface area (Å²) in [7, 11) is 0. The zero-order valence-electron chi connectivity index (χ0n) is 20.1. The van der Waals surface area contributed by atoms with E-state index in [1.165, 1.54) is 0 Å². The number of ether oxygens (including phenoxy) is 5. The molecule has 0 saturated carbocycles. The van der Waals surface area contributed by atoms with Gasteiger partial charge in [0.25, 0.3) is 0 Å². The van der Waals surface area contributed by atoms with Gasteiger partial charge in [-0.25, -0.2) is 0 Å². The molecule has 0 bridgehead atoms. The van der Waals surface area contributed by atoms with Gasteiger partial charge in [0.1, 0.15) is 48.8 Å².